The Bertz CT molecular complexity index is 470. The van der Waals surface area contributed by atoms with Crippen molar-refractivity contribution in [1.82, 2.24) is 0 Å². The van der Waals surface area contributed by atoms with Crippen molar-refractivity contribution in [3.8, 4) is 11.5 Å². The van der Waals surface area contributed by atoms with Gasteiger partial charge in [-0.2, -0.15) is 0 Å². The summed E-state index contributed by atoms with van der Waals surface area (Å²) in [6.45, 7) is 4.79. The number of hydrogen-bond acceptors (Lipinski definition) is 4. The van der Waals surface area contributed by atoms with Crippen LogP contribution in [0.2, 0.25) is 0 Å². The molecule has 0 aliphatic rings. The molecule has 0 saturated carbocycles. The van der Waals surface area contributed by atoms with Gasteiger partial charge in [-0.25, -0.2) is 13.6 Å². The highest BCUT2D eigenvalue weighted by Crippen LogP contribution is 2.18. The van der Waals surface area contributed by atoms with Crippen molar-refractivity contribution < 1.29 is 17.9 Å². The summed E-state index contributed by atoms with van der Waals surface area (Å²) in [4.78, 5) is 0. The van der Waals surface area contributed by atoms with Crippen molar-refractivity contribution in [2.75, 3.05) is 19.0 Å². The highest BCUT2D eigenvalue weighted by atomic mass is 32.2. The second kappa shape index (κ2) is 7.35. The molecule has 108 valence electrons. The fraction of sp³-hybridized carbons (Fsp3) is 0.538. The van der Waals surface area contributed by atoms with Crippen molar-refractivity contribution in [3.05, 3.63) is 24.3 Å². The molecule has 0 amide bonds. The number of nitrogens with two attached hydrogens (primary N) is 1. The Hall–Kier alpha value is -1.27. The summed E-state index contributed by atoms with van der Waals surface area (Å²) < 4.78 is 33.0. The standard InChI is InChI=1S/C13H21NO4S/c1-3-11(10-19(14,15)16)9-18-13-7-5-12(6-8-13)17-4-2/h5-8,11H,3-4,9-10H2,1-2H3,(H2,14,15,16). The first-order valence-corrected chi connectivity index (χ1v) is 8.02. The third-order valence-corrected chi connectivity index (χ3v) is 3.60. The molecule has 6 heteroatoms. The SMILES string of the molecule is CCOc1ccc(OCC(CC)CS(N)(=O)=O)cc1. The molecule has 5 nitrogen and oxygen atoms in total. The zero-order valence-electron chi connectivity index (χ0n) is 11.3. The molecule has 0 heterocycles. The minimum atomic E-state index is -3.45. The highest BCUT2D eigenvalue weighted by Gasteiger charge is 2.14. The zero-order chi connectivity index (χ0) is 14.3. The second-order valence-corrected chi connectivity index (χ2v) is 5.98. The Morgan fingerprint density at radius 1 is 1.11 bits per heavy atom. The Morgan fingerprint density at radius 2 is 1.63 bits per heavy atom. The summed E-state index contributed by atoms with van der Waals surface area (Å²) in [7, 11) is -3.45. The van der Waals surface area contributed by atoms with Gasteiger partial charge in [0.25, 0.3) is 0 Å². The second-order valence-electron chi connectivity index (χ2n) is 4.32. The molecule has 0 radical (unpaired) electrons. The van der Waals surface area contributed by atoms with Crippen molar-refractivity contribution >= 4 is 10.0 Å². The number of rotatable bonds is 8. The minimum absolute atomic E-state index is 0.0550. The van der Waals surface area contributed by atoms with Crippen LogP contribution in [0.25, 0.3) is 0 Å². The van der Waals surface area contributed by atoms with Crippen LogP contribution >= 0.6 is 0 Å². The predicted octanol–water partition coefficient (Wildman–Crippen LogP) is 1.78. The maximum atomic E-state index is 11.0. The third-order valence-electron chi connectivity index (χ3n) is 2.67. The van der Waals surface area contributed by atoms with Crippen molar-refractivity contribution in [2.24, 2.45) is 11.1 Å². The van der Waals surface area contributed by atoms with Crippen LogP contribution in [0.3, 0.4) is 0 Å². The summed E-state index contributed by atoms with van der Waals surface area (Å²) in [5.74, 6) is 1.32. The van der Waals surface area contributed by atoms with Gasteiger partial charge in [-0.3, -0.25) is 0 Å². The molecule has 0 bridgehead atoms. The molecule has 1 rings (SSSR count). The lowest BCUT2D eigenvalue weighted by molar-refractivity contribution is 0.257. The van der Waals surface area contributed by atoms with Crippen LogP contribution in [-0.4, -0.2) is 27.4 Å². The number of hydrogen-bond donors (Lipinski definition) is 1. The van der Waals surface area contributed by atoms with Gasteiger partial charge in [-0.05, 0) is 37.6 Å². The molecule has 0 spiro atoms. The molecule has 1 atom stereocenters. The number of primary sulfonamides is 1. The first-order valence-electron chi connectivity index (χ1n) is 6.30. The lowest BCUT2D eigenvalue weighted by Gasteiger charge is -2.15. The van der Waals surface area contributed by atoms with E-state index in [-0.39, 0.29) is 11.7 Å². The van der Waals surface area contributed by atoms with Gasteiger partial charge in [0.15, 0.2) is 0 Å². The van der Waals surface area contributed by atoms with Gasteiger partial charge in [-0.1, -0.05) is 6.92 Å². The average Bonchev–Trinajstić information content (AvgIpc) is 2.35. The molecular formula is C13H21NO4S. The van der Waals surface area contributed by atoms with Gasteiger partial charge in [0.05, 0.1) is 19.0 Å². The fourth-order valence-electron chi connectivity index (χ4n) is 1.63. The van der Waals surface area contributed by atoms with E-state index < -0.39 is 10.0 Å². The third kappa shape index (κ3) is 6.45. The van der Waals surface area contributed by atoms with Crippen LogP contribution in [0.5, 0.6) is 11.5 Å². The van der Waals surface area contributed by atoms with Crippen LogP contribution in [0.4, 0.5) is 0 Å². The van der Waals surface area contributed by atoms with E-state index in [1.54, 1.807) is 12.1 Å². The lowest BCUT2D eigenvalue weighted by Crippen LogP contribution is -2.26. The molecule has 2 N–H and O–H groups in total. The Kier molecular flexibility index (Phi) is 6.11. The van der Waals surface area contributed by atoms with E-state index in [1.165, 1.54) is 0 Å². The predicted molar refractivity (Wildman–Crippen MR) is 74.9 cm³/mol. The largest absolute Gasteiger partial charge is 0.494 e. The summed E-state index contributed by atoms with van der Waals surface area (Å²) in [5.41, 5.74) is 0. The molecule has 0 aliphatic carbocycles. The van der Waals surface area contributed by atoms with Crippen molar-refractivity contribution in [3.63, 3.8) is 0 Å². The monoisotopic (exact) mass is 287 g/mol. The fourth-order valence-corrected chi connectivity index (χ4v) is 2.61. The molecular weight excluding hydrogens is 266 g/mol. The van der Waals surface area contributed by atoms with Crippen molar-refractivity contribution in [2.45, 2.75) is 20.3 Å². The van der Waals surface area contributed by atoms with Gasteiger partial charge in [0.1, 0.15) is 11.5 Å². The minimum Gasteiger partial charge on any atom is -0.494 e. The Balaban J connectivity index is 2.50. The molecule has 19 heavy (non-hydrogen) atoms. The maximum absolute atomic E-state index is 11.0. The van der Waals surface area contributed by atoms with Crippen LogP contribution in [0.1, 0.15) is 20.3 Å². The number of benzene rings is 1. The summed E-state index contributed by atoms with van der Waals surface area (Å²) >= 11 is 0. The molecule has 0 fully saturated rings. The van der Waals surface area contributed by atoms with Crippen LogP contribution in [0.15, 0.2) is 24.3 Å². The number of ether oxygens (including phenoxy) is 2. The van der Waals surface area contributed by atoms with Gasteiger partial charge >= 0.3 is 0 Å². The van der Waals surface area contributed by atoms with E-state index in [9.17, 15) is 8.42 Å². The normalized spacial score (nSPS) is 13.0. The topological polar surface area (TPSA) is 78.6 Å². The van der Waals surface area contributed by atoms with E-state index in [0.717, 1.165) is 5.75 Å². The van der Waals surface area contributed by atoms with Crippen LogP contribution < -0.4 is 14.6 Å². The lowest BCUT2D eigenvalue weighted by atomic mass is 10.1. The van der Waals surface area contributed by atoms with E-state index in [4.69, 9.17) is 14.6 Å². The van der Waals surface area contributed by atoms with Gasteiger partial charge < -0.3 is 9.47 Å². The van der Waals surface area contributed by atoms with Gasteiger partial charge in [0.2, 0.25) is 10.0 Å². The van der Waals surface area contributed by atoms with Gasteiger partial charge in [0, 0.05) is 5.92 Å². The maximum Gasteiger partial charge on any atom is 0.209 e. The van der Waals surface area contributed by atoms with Crippen LogP contribution in [0, 0.1) is 5.92 Å². The van der Waals surface area contributed by atoms with E-state index >= 15 is 0 Å². The molecule has 0 aliphatic heterocycles. The van der Waals surface area contributed by atoms with E-state index in [1.807, 2.05) is 26.0 Å². The summed E-state index contributed by atoms with van der Waals surface area (Å²) in [6.07, 6.45) is 0.702. The smallest absolute Gasteiger partial charge is 0.209 e. The first kappa shape index (κ1) is 15.8. The Morgan fingerprint density at radius 3 is 2.05 bits per heavy atom. The van der Waals surface area contributed by atoms with Crippen molar-refractivity contribution in [1.29, 1.82) is 0 Å². The van der Waals surface area contributed by atoms with Gasteiger partial charge in [-0.15, -0.1) is 0 Å². The molecule has 1 aromatic carbocycles. The van der Waals surface area contributed by atoms with Crippen LogP contribution in [-0.2, 0) is 10.0 Å². The van der Waals surface area contributed by atoms with E-state index in [2.05, 4.69) is 0 Å². The highest BCUT2D eigenvalue weighted by molar-refractivity contribution is 7.89. The first-order chi connectivity index (χ1) is 8.94. The van der Waals surface area contributed by atoms with E-state index in [0.29, 0.717) is 25.4 Å². The molecule has 0 saturated heterocycles. The summed E-state index contributed by atoms with van der Waals surface area (Å²) in [6, 6.07) is 7.24. The zero-order valence-corrected chi connectivity index (χ0v) is 12.2. The Labute approximate surface area is 114 Å². The number of sulfonamides is 1. The molecule has 1 aromatic rings. The summed E-state index contributed by atoms with van der Waals surface area (Å²) in [5, 5.41) is 5.03. The average molecular weight is 287 g/mol. The quantitative estimate of drug-likeness (QED) is 0.790. The molecule has 1 unspecified atom stereocenters. The molecule has 0 aromatic heterocycles.